The second kappa shape index (κ2) is 4.05. The van der Waals surface area contributed by atoms with Gasteiger partial charge in [-0.15, -0.1) is 0 Å². The van der Waals surface area contributed by atoms with Crippen LogP contribution in [0.15, 0.2) is 18.3 Å². The van der Waals surface area contributed by atoms with E-state index < -0.39 is 12.2 Å². The Morgan fingerprint density at radius 3 is 2.88 bits per heavy atom. The van der Waals surface area contributed by atoms with Crippen molar-refractivity contribution in [2.24, 2.45) is 0 Å². The summed E-state index contributed by atoms with van der Waals surface area (Å²) in [6, 6.07) is 3.08. The molecule has 84 valence electrons. The van der Waals surface area contributed by atoms with Crippen molar-refractivity contribution in [3.8, 4) is 0 Å². The molecule has 2 rings (SSSR count). The van der Waals surface area contributed by atoms with Gasteiger partial charge in [-0.1, -0.05) is 0 Å². The SMILES string of the molecule is O=C(O)Nc1ccc(N2CCOC2=O)nc1. The second-order valence-electron chi connectivity index (χ2n) is 3.10. The zero-order valence-corrected chi connectivity index (χ0v) is 8.21. The number of pyridine rings is 1. The molecule has 1 aromatic rings. The molecule has 0 saturated carbocycles. The average Bonchev–Trinajstić information content (AvgIpc) is 2.65. The summed E-state index contributed by atoms with van der Waals surface area (Å²) in [6.07, 6.45) is -0.253. The van der Waals surface area contributed by atoms with Crippen LogP contribution in [0.25, 0.3) is 0 Å². The van der Waals surface area contributed by atoms with E-state index in [1.807, 2.05) is 0 Å². The minimum atomic E-state index is -1.16. The number of carboxylic acid groups (broad SMARTS) is 1. The van der Waals surface area contributed by atoms with Crippen molar-refractivity contribution in [2.75, 3.05) is 23.4 Å². The highest BCUT2D eigenvalue weighted by Gasteiger charge is 2.24. The van der Waals surface area contributed by atoms with Crippen LogP contribution < -0.4 is 10.2 Å². The van der Waals surface area contributed by atoms with Crippen LogP contribution in [-0.4, -0.2) is 35.4 Å². The number of nitrogens with one attached hydrogen (secondary N) is 1. The number of nitrogens with zero attached hydrogens (tertiary/aromatic N) is 2. The van der Waals surface area contributed by atoms with Gasteiger partial charge in [0.2, 0.25) is 0 Å². The first-order chi connectivity index (χ1) is 7.66. The predicted molar refractivity (Wildman–Crippen MR) is 54.6 cm³/mol. The van der Waals surface area contributed by atoms with Crippen LogP contribution in [0.5, 0.6) is 0 Å². The molecule has 7 nitrogen and oxygen atoms in total. The van der Waals surface area contributed by atoms with Crippen molar-refractivity contribution in [1.29, 1.82) is 0 Å². The number of hydrogen-bond donors (Lipinski definition) is 2. The van der Waals surface area contributed by atoms with Gasteiger partial charge in [-0.05, 0) is 12.1 Å². The van der Waals surface area contributed by atoms with Crippen LogP contribution in [0.2, 0.25) is 0 Å². The van der Waals surface area contributed by atoms with E-state index in [1.54, 1.807) is 6.07 Å². The fraction of sp³-hybridized carbons (Fsp3) is 0.222. The molecule has 1 aliphatic heterocycles. The fourth-order valence-corrected chi connectivity index (χ4v) is 1.34. The van der Waals surface area contributed by atoms with Gasteiger partial charge in [-0.2, -0.15) is 0 Å². The molecule has 0 radical (unpaired) electrons. The first-order valence-corrected chi connectivity index (χ1v) is 4.57. The number of carbonyl (C=O) groups excluding carboxylic acids is 1. The first kappa shape index (κ1) is 10.2. The Morgan fingerprint density at radius 2 is 2.38 bits per heavy atom. The van der Waals surface area contributed by atoms with Crippen LogP contribution in [0.3, 0.4) is 0 Å². The van der Waals surface area contributed by atoms with E-state index in [0.717, 1.165) is 0 Å². The molecular formula is C9H9N3O4. The maximum Gasteiger partial charge on any atom is 0.415 e. The van der Waals surface area contributed by atoms with Gasteiger partial charge in [0.25, 0.3) is 0 Å². The summed E-state index contributed by atoms with van der Waals surface area (Å²) in [5.41, 5.74) is 0.351. The number of rotatable bonds is 2. The highest BCUT2D eigenvalue weighted by Crippen LogP contribution is 2.17. The maximum atomic E-state index is 11.2. The number of cyclic esters (lactones) is 1. The normalized spacial score (nSPS) is 14.8. The smallest absolute Gasteiger partial charge is 0.415 e. The summed E-state index contributed by atoms with van der Waals surface area (Å²) in [6.45, 7) is 0.799. The Bertz CT molecular complexity index is 417. The molecular weight excluding hydrogens is 214 g/mol. The van der Waals surface area contributed by atoms with Crippen molar-refractivity contribution in [3.63, 3.8) is 0 Å². The van der Waals surface area contributed by atoms with E-state index in [2.05, 4.69) is 10.3 Å². The van der Waals surface area contributed by atoms with Gasteiger partial charge in [-0.25, -0.2) is 14.6 Å². The van der Waals surface area contributed by atoms with Crippen molar-refractivity contribution in [2.45, 2.75) is 0 Å². The Kier molecular flexibility index (Phi) is 2.59. The summed E-state index contributed by atoms with van der Waals surface area (Å²) < 4.78 is 4.75. The third-order valence-corrected chi connectivity index (χ3v) is 2.04. The first-order valence-electron chi connectivity index (χ1n) is 4.57. The van der Waals surface area contributed by atoms with Gasteiger partial charge in [-0.3, -0.25) is 10.2 Å². The van der Waals surface area contributed by atoms with Crippen molar-refractivity contribution >= 4 is 23.7 Å². The van der Waals surface area contributed by atoms with Crippen LogP contribution in [0, 0.1) is 0 Å². The molecule has 1 fully saturated rings. The molecule has 7 heteroatoms. The molecule has 0 unspecified atom stereocenters. The van der Waals surface area contributed by atoms with Crippen molar-refractivity contribution in [1.82, 2.24) is 4.98 Å². The van der Waals surface area contributed by atoms with Crippen LogP contribution >= 0.6 is 0 Å². The lowest BCUT2D eigenvalue weighted by Gasteiger charge is -2.11. The molecule has 2 amide bonds. The molecule has 0 aliphatic carbocycles. The molecule has 0 bridgehead atoms. The minimum Gasteiger partial charge on any atom is -0.465 e. The molecule has 0 aromatic carbocycles. The van der Waals surface area contributed by atoms with Gasteiger partial charge < -0.3 is 9.84 Å². The van der Waals surface area contributed by atoms with E-state index in [-0.39, 0.29) is 0 Å². The zero-order valence-electron chi connectivity index (χ0n) is 8.21. The quantitative estimate of drug-likeness (QED) is 0.784. The number of amides is 2. The number of hydrogen-bond acceptors (Lipinski definition) is 4. The topological polar surface area (TPSA) is 91.8 Å². The lowest BCUT2D eigenvalue weighted by atomic mass is 10.4. The third-order valence-electron chi connectivity index (χ3n) is 2.04. The highest BCUT2D eigenvalue weighted by molar-refractivity contribution is 5.88. The van der Waals surface area contributed by atoms with E-state index in [4.69, 9.17) is 9.84 Å². The summed E-state index contributed by atoms with van der Waals surface area (Å²) in [5.74, 6) is 0.443. The molecule has 0 atom stereocenters. The third kappa shape index (κ3) is 2.02. The van der Waals surface area contributed by atoms with Crippen LogP contribution in [0.4, 0.5) is 21.1 Å². The molecule has 1 aromatic heterocycles. The molecule has 0 spiro atoms. The van der Waals surface area contributed by atoms with E-state index >= 15 is 0 Å². The Balaban J connectivity index is 2.12. The number of anilines is 2. The minimum absolute atomic E-state index is 0.343. The van der Waals surface area contributed by atoms with E-state index in [9.17, 15) is 9.59 Å². The van der Waals surface area contributed by atoms with E-state index in [1.165, 1.54) is 17.2 Å². The maximum absolute atomic E-state index is 11.2. The van der Waals surface area contributed by atoms with E-state index in [0.29, 0.717) is 24.7 Å². The predicted octanol–water partition coefficient (Wildman–Crippen LogP) is 1.13. The number of carbonyl (C=O) groups is 2. The Labute approximate surface area is 90.6 Å². The molecule has 16 heavy (non-hydrogen) atoms. The van der Waals surface area contributed by atoms with Gasteiger partial charge in [0.15, 0.2) is 0 Å². The van der Waals surface area contributed by atoms with Crippen molar-refractivity contribution in [3.05, 3.63) is 18.3 Å². The largest absolute Gasteiger partial charge is 0.465 e. The summed E-state index contributed by atoms with van der Waals surface area (Å²) in [4.78, 5) is 26.9. The van der Waals surface area contributed by atoms with Crippen LogP contribution in [0.1, 0.15) is 0 Å². The number of aromatic nitrogens is 1. The lowest BCUT2D eigenvalue weighted by Crippen LogP contribution is -2.24. The summed E-state index contributed by atoms with van der Waals surface area (Å²) >= 11 is 0. The second-order valence-corrected chi connectivity index (χ2v) is 3.10. The Hall–Kier alpha value is -2.31. The van der Waals surface area contributed by atoms with Gasteiger partial charge in [0.1, 0.15) is 12.4 Å². The van der Waals surface area contributed by atoms with Crippen molar-refractivity contribution < 1.29 is 19.4 Å². The molecule has 2 heterocycles. The van der Waals surface area contributed by atoms with Gasteiger partial charge >= 0.3 is 12.2 Å². The summed E-state index contributed by atoms with van der Waals surface area (Å²) in [7, 11) is 0. The summed E-state index contributed by atoms with van der Waals surface area (Å²) in [5, 5.41) is 10.6. The molecule has 2 N–H and O–H groups in total. The highest BCUT2D eigenvalue weighted by atomic mass is 16.6. The van der Waals surface area contributed by atoms with Gasteiger partial charge in [0, 0.05) is 0 Å². The van der Waals surface area contributed by atoms with Crippen LogP contribution in [-0.2, 0) is 4.74 Å². The fourth-order valence-electron chi connectivity index (χ4n) is 1.34. The standard InChI is InChI=1S/C9H9N3O4/c13-8(14)11-6-1-2-7(10-5-6)12-3-4-16-9(12)15/h1-2,5,11H,3-4H2,(H,13,14). The zero-order chi connectivity index (χ0) is 11.5. The average molecular weight is 223 g/mol. The number of ether oxygens (including phenoxy) is 1. The lowest BCUT2D eigenvalue weighted by molar-refractivity contribution is 0.181. The van der Waals surface area contributed by atoms with Gasteiger partial charge in [0.05, 0.1) is 18.4 Å². The monoisotopic (exact) mass is 223 g/mol. The Morgan fingerprint density at radius 1 is 1.56 bits per heavy atom. The molecule has 1 saturated heterocycles. The molecule has 1 aliphatic rings.